The van der Waals surface area contributed by atoms with Gasteiger partial charge in [-0.1, -0.05) is 48.5 Å². The van der Waals surface area contributed by atoms with Crippen LogP contribution in [0, 0.1) is 0 Å². The van der Waals surface area contributed by atoms with Gasteiger partial charge in [0.25, 0.3) is 0 Å². The van der Waals surface area contributed by atoms with Gasteiger partial charge in [0, 0.05) is 5.56 Å². The van der Waals surface area contributed by atoms with Gasteiger partial charge in [-0.25, -0.2) is 0 Å². The Morgan fingerprint density at radius 1 is 1.06 bits per heavy atom. The first-order chi connectivity index (χ1) is 8.90. The average molecular weight is 240 g/mol. The zero-order valence-electron chi connectivity index (χ0n) is 10.3. The molecule has 0 fully saturated rings. The van der Waals surface area contributed by atoms with Crippen molar-refractivity contribution in [1.29, 1.82) is 0 Å². The first kappa shape index (κ1) is 12.2. The highest BCUT2D eigenvalue weighted by Crippen LogP contribution is 2.16. The predicted octanol–water partition coefficient (Wildman–Crippen LogP) is 2.82. The summed E-state index contributed by atoms with van der Waals surface area (Å²) in [6.07, 6.45) is 1.80. The molecule has 18 heavy (non-hydrogen) atoms. The Morgan fingerprint density at radius 2 is 1.78 bits per heavy atom. The van der Waals surface area contributed by atoms with Gasteiger partial charge >= 0.3 is 0 Å². The minimum absolute atomic E-state index is 0.646. The van der Waals surface area contributed by atoms with Gasteiger partial charge in [0.15, 0.2) is 0 Å². The predicted molar refractivity (Wildman–Crippen MR) is 73.9 cm³/mol. The third kappa shape index (κ3) is 3.35. The summed E-state index contributed by atoms with van der Waals surface area (Å²) in [4.78, 5) is 0. The van der Waals surface area contributed by atoms with Crippen molar-refractivity contribution < 1.29 is 4.74 Å². The number of para-hydroxylation sites is 1. The van der Waals surface area contributed by atoms with Crippen LogP contribution in [0.4, 0.5) is 0 Å². The van der Waals surface area contributed by atoms with Gasteiger partial charge in [-0.15, -0.1) is 0 Å². The van der Waals surface area contributed by atoms with E-state index in [1.165, 1.54) is 0 Å². The van der Waals surface area contributed by atoms with Gasteiger partial charge in [0.05, 0.1) is 19.9 Å². The van der Waals surface area contributed by atoms with Crippen LogP contribution in [-0.2, 0) is 6.54 Å². The molecular weight excluding hydrogens is 224 g/mol. The van der Waals surface area contributed by atoms with Crippen molar-refractivity contribution in [1.82, 2.24) is 5.43 Å². The minimum atomic E-state index is 0.646. The average Bonchev–Trinajstić information content (AvgIpc) is 2.45. The Hall–Kier alpha value is -2.29. The minimum Gasteiger partial charge on any atom is -0.496 e. The van der Waals surface area contributed by atoms with E-state index < -0.39 is 0 Å². The third-order valence-corrected chi connectivity index (χ3v) is 2.57. The first-order valence-corrected chi connectivity index (χ1v) is 5.83. The molecule has 3 heteroatoms. The van der Waals surface area contributed by atoms with Gasteiger partial charge in [-0.05, 0) is 11.6 Å². The second-order valence-electron chi connectivity index (χ2n) is 3.82. The number of hydrazone groups is 1. The van der Waals surface area contributed by atoms with Crippen molar-refractivity contribution >= 4 is 6.21 Å². The number of hydrogen-bond acceptors (Lipinski definition) is 3. The normalized spacial score (nSPS) is 10.5. The molecule has 0 unspecified atom stereocenters. The summed E-state index contributed by atoms with van der Waals surface area (Å²) in [5.74, 6) is 0.875. The molecule has 0 aliphatic heterocycles. The zero-order chi connectivity index (χ0) is 12.6. The van der Waals surface area contributed by atoms with Crippen molar-refractivity contribution in [3.8, 4) is 5.75 Å². The van der Waals surface area contributed by atoms with Crippen LogP contribution in [-0.4, -0.2) is 13.3 Å². The Balaban J connectivity index is 1.91. The third-order valence-electron chi connectivity index (χ3n) is 2.57. The topological polar surface area (TPSA) is 33.6 Å². The lowest BCUT2D eigenvalue weighted by molar-refractivity contribution is 0.408. The molecule has 2 aromatic carbocycles. The fraction of sp³-hybridized carbons (Fsp3) is 0.133. The molecule has 0 radical (unpaired) electrons. The van der Waals surface area contributed by atoms with E-state index in [1.54, 1.807) is 13.3 Å². The van der Waals surface area contributed by atoms with E-state index in [-0.39, 0.29) is 0 Å². The number of nitrogens with one attached hydrogen (secondary N) is 1. The highest BCUT2D eigenvalue weighted by Gasteiger charge is 1.99. The highest BCUT2D eigenvalue weighted by molar-refractivity contribution is 5.79. The second-order valence-corrected chi connectivity index (χ2v) is 3.82. The van der Waals surface area contributed by atoms with Crippen LogP contribution in [0.2, 0.25) is 0 Å². The van der Waals surface area contributed by atoms with Gasteiger partial charge in [0.1, 0.15) is 5.75 Å². The van der Waals surface area contributed by atoms with E-state index in [9.17, 15) is 0 Å². The molecule has 0 saturated carbocycles. The molecule has 1 N–H and O–H groups in total. The molecule has 3 nitrogen and oxygen atoms in total. The lowest BCUT2D eigenvalue weighted by Crippen LogP contribution is -2.06. The van der Waals surface area contributed by atoms with Crippen LogP contribution >= 0.6 is 0 Å². The summed E-state index contributed by atoms with van der Waals surface area (Å²) < 4.78 is 5.27. The van der Waals surface area contributed by atoms with Crippen LogP contribution in [0.3, 0.4) is 0 Å². The lowest BCUT2D eigenvalue weighted by Gasteiger charge is -2.07. The number of ether oxygens (including phenoxy) is 1. The van der Waals surface area contributed by atoms with E-state index in [0.717, 1.165) is 16.9 Å². The van der Waals surface area contributed by atoms with Gasteiger partial charge in [-0.2, -0.15) is 5.10 Å². The van der Waals surface area contributed by atoms with Crippen molar-refractivity contribution in [2.24, 2.45) is 5.10 Å². The van der Waals surface area contributed by atoms with Crippen LogP contribution in [0.25, 0.3) is 0 Å². The highest BCUT2D eigenvalue weighted by atomic mass is 16.5. The van der Waals surface area contributed by atoms with Gasteiger partial charge in [-0.3, -0.25) is 0 Å². The van der Waals surface area contributed by atoms with Crippen molar-refractivity contribution in [3.05, 3.63) is 65.7 Å². The summed E-state index contributed by atoms with van der Waals surface area (Å²) in [6, 6.07) is 17.9. The van der Waals surface area contributed by atoms with E-state index in [1.807, 2.05) is 54.6 Å². The van der Waals surface area contributed by atoms with Crippen LogP contribution in [0.15, 0.2) is 59.7 Å². The smallest absolute Gasteiger partial charge is 0.123 e. The molecule has 2 rings (SSSR count). The lowest BCUT2D eigenvalue weighted by atomic mass is 10.2. The van der Waals surface area contributed by atoms with E-state index in [2.05, 4.69) is 10.5 Å². The van der Waals surface area contributed by atoms with Crippen LogP contribution in [0.1, 0.15) is 11.1 Å². The Morgan fingerprint density at radius 3 is 2.56 bits per heavy atom. The number of benzene rings is 2. The monoisotopic (exact) mass is 240 g/mol. The van der Waals surface area contributed by atoms with E-state index >= 15 is 0 Å². The van der Waals surface area contributed by atoms with Gasteiger partial charge in [0.2, 0.25) is 0 Å². The molecule has 0 aliphatic rings. The maximum absolute atomic E-state index is 5.27. The maximum atomic E-state index is 5.27. The molecule has 0 aromatic heterocycles. The zero-order valence-corrected chi connectivity index (χ0v) is 10.3. The standard InChI is InChI=1S/C15H16N2O/c1-18-15-10-6-5-9-14(15)12-17-16-11-13-7-3-2-4-8-13/h2-11,17H,12H2,1H3/b16-11-. The van der Waals surface area contributed by atoms with Crippen molar-refractivity contribution in [2.45, 2.75) is 6.54 Å². The molecule has 0 spiro atoms. The quantitative estimate of drug-likeness (QED) is 0.644. The van der Waals surface area contributed by atoms with Crippen molar-refractivity contribution in [2.75, 3.05) is 7.11 Å². The molecule has 0 atom stereocenters. The summed E-state index contributed by atoms with van der Waals surface area (Å²) in [6.45, 7) is 0.646. The van der Waals surface area contributed by atoms with E-state index in [0.29, 0.717) is 6.54 Å². The largest absolute Gasteiger partial charge is 0.496 e. The molecular formula is C15H16N2O. The summed E-state index contributed by atoms with van der Waals surface area (Å²) in [5.41, 5.74) is 5.18. The second kappa shape index (κ2) is 6.45. The number of rotatable bonds is 5. The Labute approximate surface area is 107 Å². The maximum Gasteiger partial charge on any atom is 0.123 e. The summed E-state index contributed by atoms with van der Waals surface area (Å²) in [5, 5.41) is 4.18. The number of methoxy groups -OCH3 is 1. The fourth-order valence-corrected chi connectivity index (χ4v) is 1.64. The molecule has 0 heterocycles. The summed E-state index contributed by atoms with van der Waals surface area (Å²) >= 11 is 0. The van der Waals surface area contributed by atoms with Crippen molar-refractivity contribution in [3.63, 3.8) is 0 Å². The molecule has 0 aliphatic carbocycles. The number of nitrogens with zero attached hydrogens (tertiary/aromatic N) is 1. The molecule has 0 saturated heterocycles. The molecule has 0 bridgehead atoms. The Kier molecular flexibility index (Phi) is 4.36. The SMILES string of the molecule is COc1ccccc1CN/N=C\c1ccccc1. The first-order valence-electron chi connectivity index (χ1n) is 5.83. The molecule has 2 aromatic rings. The van der Waals surface area contributed by atoms with E-state index in [4.69, 9.17) is 4.74 Å². The molecule has 92 valence electrons. The fourth-order valence-electron chi connectivity index (χ4n) is 1.64. The van der Waals surface area contributed by atoms with Crippen LogP contribution < -0.4 is 10.2 Å². The summed E-state index contributed by atoms with van der Waals surface area (Å²) in [7, 11) is 1.67. The Bertz CT molecular complexity index is 509. The van der Waals surface area contributed by atoms with Gasteiger partial charge < -0.3 is 10.2 Å². The number of hydrogen-bond donors (Lipinski definition) is 1. The molecule has 0 amide bonds. The van der Waals surface area contributed by atoms with Crippen LogP contribution in [0.5, 0.6) is 5.75 Å².